The van der Waals surface area contributed by atoms with E-state index in [1.807, 2.05) is 13.2 Å². The number of hydrogen-bond donors (Lipinski definition) is 4. The Morgan fingerprint density at radius 1 is 1.43 bits per heavy atom. The third kappa shape index (κ3) is 3.46. The van der Waals surface area contributed by atoms with E-state index < -0.39 is 10.0 Å². The van der Waals surface area contributed by atoms with Gasteiger partial charge in [0.2, 0.25) is 15.8 Å². The van der Waals surface area contributed by atoms with Crippen LogP contribution in [0.1, 0.15) is 5.56 Å². The van der Waals surface area contributed by atoms with E-state index in [9.17, 15) is 8.42 Å². The Morgan fingerprint density at radius 2 is 2.21 bits per heavy atom. The minimum Gasteiger partial charge on any atom is -0.315 e. The number of quaternary nitrogens is 1. The van der Waals surface area contributed by atoms with E-state index >= 15 is 0 Å². The van der Waals surface area contributed by atoms with E-state index in [1.54, 1.807) is 17.1 Å². The summed E-state index contributed by atoms with van der Waals surface area (Å²) in [5, 5.41) is 24.5. The van der Waals surface area contributed by atoms with Gasteiger partial charge in [-0.1, -0.05) is 5.10 Å². The van der Waals surface area contributed by atoms with Crippen LogP contribution in [0.25, 0.3) is 5.57 Å². The maximum Gasteiger partial charge on any atom is 0.268 e. The minimum atomic E-state index is -3.30. The van der Waals surface area contributed by atoms with E-state index in [0.29, 0.717) is 35.7 Å². The summed E-state index contributed by atoms with van der Waals surface area (Å²) in [6, 6.07) is 0. The lowest BCUT2D eigenvalue weighted by molar-refractivity contribution is -0.770. The number of fused-ring (bicyclic) bond motifs is 1. The minimum absolute atomic E-state index is 0.128. The van der Waals surface area contributed by atoms with Crippen molar-refractivity contribution >= 4 is 43.6 Å². The molecule has 0 aliphatic carbocycles. The molecule has 28 heavy (non-hydrogen) atoms. The number of sulfonamides is 1. The van der Waals surface area contributed by atoms with Crippen molar-refractivity contribution in [2.75, 3.05) is 32.4 Å². The fourth-order valence-electron chi connectivity index (χ4n) is 3.57. The molecule has 0 amide bonds. The predicted octanol–water partition coefficient (Wildman–Crippen LogP) is -1.36. The number of halogens is 1. The molecular weight excluding hydrogens is 448 g/mol. The van der Waals surface area contributed by atoms with Crippen LogP contribution in [0.2, 0.25) is 0 Å². The standard InChI is InChI=1S/C16H21BrN8O2S/c1-23-8-10(6-20-23)12-7-21-25-15(18)13(17)14(22-16(12)25)11-5-19-3-4-24(9-11)28(2,26)27/h6-8,11,18-19,22H,3-5,9H2,1-2H3/p+1. The Labute approximate surface area is 171 Å². The Morgan fingerprint density at radius 3 is 2.89 bits per heavy atom. The third-order valence-corrected chi connectivity index (χ3v) is 7.12. The molecule has 0 bridgehead atoms. The second kappa shape index (κ2) is 7.19. The lowest BCUT2D eigenvalue weighted by Gasteiger charge is -2.29. The number of aryl methyl sites for hydroxylation is 1. The summed E-state index contributed by atoms with van der Waals surface area (Å²) in [6.45, 7) is 1.99. The average molecular weight is 470 g/mol. The predicted molar refractivity (Wildman–Crippen MR) is 109 cm³/mol. The highest BCUT2D eigenvalue weighted by Gasteiger charge is 2.41. The largest absolute Gasteiger partial charge is 0.315 e. The Hall–Kier alpha value is -1.86. The average Bonchev–Trinajstić information content (AvgIpc) is 3.15. The van der Waals surface area contributed by atoms with E-state index in [-0.39, 0.29) is 11.8 Å². The van der Waals surface area contributed by atoms with Gasteiger partial charge in [0.05, 0.1) is 24.2 Å². The number of hydrogen-bond acceptors (Lipinski definition) is 7. The fraction of sp³-hybridized carbons (Fsp3) is 0.438. The molecule has 4 N–H and O–H groups in total. The molecule has 0 aromatic carbocycles. The highest BCUT2D eigenvalue weighted by Crippen LogP contribution is 2.26. The first-order chi connectivity index (χ1) is 13.3. The summed E-state index contributed by atoms with van der Waals surface area (Å²) in [7, 11) is -1.45. The summed E-state index contributed by atoms with van der Waals surface area (Å²) in [5.74, 6) is 0.914. The molecule has 1 fully saturated rings. The lowest BCUT2D eigenvalue weighted by Crippen LogP contribution is -3.10. The molecular formula is C16H22BrN8O2S+. The number of rotatable bonds is 3. The van der Waals surface area contributed by atoms with Crippen molar-refractivity contribution in [2.45, 2.75) is 0 Å². The SMILES string of the molecule is Cn1cc(C2=C3NC(C4CNCCN(S(C)(=O)=O)C4)=C(Br)C(=N)[NH+]3N=C2)cn1. The molecule has 4 heterocycles. The van der Waals surface area contributed by atoms with Crippen molar-refractivity contribution in [1.29, 1.82) is 5.41 Å². The molecule has 1 saturated heterocycles. The summed E-state index contributed by atoms with van der Waals surface area (Å²) in [6.07, 6.45) is 6.62. The van der Waals surface area contributed by atoms with Gasteiger partial charge in [0, 0.05) is 56.6 Å². The molecule has 0 spiro atoms. The highest BCUT2D eigenvalue weighted by atomic mass is 79.9. The van der Waals surface area contributed by atoms with E-state index in [0.717, 1.165) is 22.7 Å². The Bertz CT molecular complexity index is 1030. The van der Waals surface area contributed by atoms with Gasteiger partial charge in [-0.25, -0.2) is 18.1 Å². The summed E-state index contributed by atoms with van der Waals surface area (Å²) in [5.41, 5.74) is 2.57. The van der Waals surface area contributed by atoms with E-state index in [1.165, 1.54) is 10.6 Å². The molecule has 12 heteroatoms. The molecule has 4 rings (SSSR count). The lowest BCUT2D eigenvalue weighted by atomic mass is 10.0. The first kappa shape index (κ1) is 19.5. The van der Waals surface area contributed by atoms with Crippen molar-refractivity contribution in [2.24, 2.45) is 18.1 Å². The van der Waals surface area contributed by atoms with Crippen molar-refractivity contribution in [3.8, 4) is 0 Å². The van der Waals surface area contributed by atoms with Crippen molar-refractivity contribution in [3.63, 3.8) is 0 Å². The molecule has 150 valence electrons. The highest BCUT2D eigenvalue weighted by molar-refractivity contribution is 9.12. The second-order valence-electron chi connectivity index (χ2n) is 7.05. The molecule has 3 aliphatic rings. The van der Waals surface area contributed by atoms with Crippen LogP contribution in [0.3, 0.4) is 0 Å². The molecule has 10 nitrogen and oxygen atoms in total. The molecule has 3 aliphatic heterocycles. The van der Waals surface area contributed by atoms with Crippen LogP contribution in [0.5, 0.6) is 0 Å². The molecule has 1 aromatic rings. The first-order valence-electron chi connectivity index (χ1n) is 8.82. The van der Waals surface area contributed by atoms with Gasteiger partial charge < -0.3 is 10.6 Å². The summed E-state index contributed by atoms with van der Waals surface area (Å²) >= 11 is 3.53. The zero-order valence-electron chi connectivity index (χ0n) is 15.5. The smallest absolute Gasteiger partial charge is 0.268 e. The second-order valence-corrected chi connectivity index (χ2v) is 9.82. The van der Waals surface area contributed by atoms with Gasteiger partial charge in [0.25, 0.3) is 5.84 Å². The number of amidine groups is 1. The first-order valence-corrected chi connectivity index (χ1v) is 11.5. The van der Waals surface area contributed by atoms with E-state index in [4.69, 9.17) is 5.41 Å². The van der Waals surface area contributed by atoms with Gasteiger partial charge in [-0.3, -0.25) is 4.68 Å². The Balaban J connectivity index is 1.71. The Kier molecular flexibility index (Phi) is 5.00. The zero-order valence-corrected chi connectivity index (χ0v) is 17.9. The van der Waals surface area contributed by atoms with E-state index in [2.05, 4.69) is 36.8 Å². The third-order valence-electron chi connectivity index (χ3n) is 5.03. The van der Waals surface area contributed by atoms with Gasteiger partial charge >= 0.3 is 0 Å². The zero-order chi connectivity index (χ0) is 20.1. The summed E-state index contributed by atoms with van der Waals surface area (Å²) in [4.78, 5) is 0. The summed E-state index contributed by atoms with van der Waals surface area (Å²) < 4.78 is 28.0. The van der Waals surface area contributed by atoms with Crippen LogP contribution < -0.4 is 15.6 Å². The van der Waals surface area contributed by atoms with Crippen molar-refractivity contribution < 1.29 is 13.4 Å². The molecule has 0 radical (unpaired) electrons. The maximum absolute atomic E-state index is 12.1. The number of nitrogens with zero attached hydrogens (tertiary/aromatic N) is 4. The van der Waals surface area contributed by atoms with Crippen molar-refractivity contribution in [3.05, 3.63) is 34.0 Å². The molecule has 0 saturated carbocycles. The van der Waals surface area contributed by atoms with Crippen LogP contribution in [-0.2, 0) is 17.1 Å². The van der Waals surface area contributed by atoms with Crippen molar-refractivity contribution in [1.82, 2.24) is 24.7 Å². The number of allylic oxidation sites excluding steroid dienone is 1. The monoisotopic (exact) mass is 469 g/mol. The van der Waals surface area contributed by atoms with Gasteiger partial charge in [0.15, 0.2) is 0 Å². The van der Waals surface area contributed by atoms with Crippen LogP contribution in [0, 0.1) is 11.3 Å². The fourth-order valence-corrected chi connectivity index (χ4v) is 5.05. The van der Waals surface area contributed by atoms with Gasteiger partial charge in [-0.15, -0.1) is 5.01 Å². The van der Waals surface area contributed by atoms with Crippen LogP contribution in [0.15, 0.2) is 33.5 Å². The molecule has 1 aromatic heterocycles. The van der Waals surface area contributed by atoms with Crippen LogP contribution in [-0.4, -0.2) is 67.0 Å². The van der Waals surface area contributed by atoms with Gasteiger partial charge in [-0.05, 0) is 15.9 Å². The topological polar surface area (TPSA) is 120 Å². The molecule has 2 unspecified atom stereocenters. The van der Waals surface area contributed by atoms with Crippen LogP contribution >= 0.6 is 15.9 Å². The van der Waals surface area contributed by atoms with Gasteiger partial charge in [0.1, 0.15) is 4.48 Å². The number of nitrogens with one attached hydrogen (secondary N) is 4. The van der Waals surface area contributed by atoms with Gasteiger partial charge in [-0.2, -0.15) is 5.10 Å². The molecule has 2 atom stereocenters. The quantitative estimate of drug-likeness (QED) is 0.435. The van der Waals surface area contributed by atoms with Crippen LogP contribution in [0.4, 0.5) is 0 Å². The maximum atomic E-state index is 12.1. The number of aromatic nitrogens is 2. The normalized spacial score (nSPS) is 26.5.